The van der Waals surface area contributed by atoms with E-state index in [9.17, 15) is 9.59 Å². The quantitative estimate of drug-likeness (QED) is 0.377. The third-order valence-electron chi connectivity index (χ3n) is 7.02. The molecule has 5 nitrogen and oxygen atoms in total. The molecule has 2 heterocycles. The molecule has 0 bridgehead atoms. The molecule has 2 aromatic rings. The molecule has 5 heteroatoms. The molecule has 2 aliphatic heterocycles. The average Bonchev–Trinajstić information content (AvgIpc) is 3.07. The number of hydrogen-bond donors (Lipinski definition) is 0. The number of ether oxygens (including phenoxy) is 1. The number of imide groups is 1. The van der Waals surface area contributed by atoms with Gasteiger partial charge in [0.05, 0.1) is 17.7 Å². The number of fused-ring (bicyclic) bond motifs is 1. The van der Waals surface area contributed by atoms with Crippen molar-refractivity contribution in [3.8, 4) is 5.75 Å². The normalized spacial score (nSPS) is 17.2. The lowest BCUT2D eigenvalue weighted by Crippen LogP contribution is -2.35. The predicted molar refractivity (Wildman–Crippen MR) is 131 cm³/mol. The number of hydrogen-bond acceptors (Lipinski definition) is 4. The highest BCUT2D eigenvalue weighted by molar-refractivity contribution is 6.21. The summed E-state index contributed by atoms with van der Waals surface area (Å²) in [4.78, 5) is 28.9. The fraction of sp³-hybridized carbons (Fsp3) is 0.500. The van der Waals surface area contributed by atoms with Crippen LogP contribution in [-0.4, -0.2) is 54.4 Å². The molecule has 1 fully saturated rings. The summed E-state index contributed by atoms with van der Waals surface area (Å²) in [5, 5.41) is 0. The van der Waals surface area contributed by atoms with Crippen LogP contribution in [0.15, 0.2) is 42.5 Å². The van der Waals surface area contributed by atoms with Gasteiger partial charge in [0.2, 0.25) is 0 Å². The van der Waals surface area contributed by atoms with Crippen molar-refractivity contribution in [1.29, 1.82) is 0 Å². The first-order valence-corrected chi connectivity index (χ1v) is 12.4. The summed E-state index contributed by atoms with van der Waals surface area (Å²) < 4.78 is 6.00. The SMILES string of the molecule is CCOc1cc(C(C)C)ccc1C1CCN(CCCCN2C(=O)c3ccccc3C2=O)CC1. The molecule has 0 aromatic heterocycles. The molecule has 2 amide bonds. The predicted octanol–water partition coefficient (Wildman–Crippen LogP) is 5.46. The number of unbranched alkanes of at least 4 members (excludes halogenated alkanes) is 1. The monoisotopic (exact) mass is 448 g/mol. The van der Waals surface area contributed by atoms with Gasteiger partial charge in [-0.15, -0.1) is 0 Å². The van der Waals surface area contributed by atoms with E-state index in [0.29, 0.717) is 36.1 Å². The van der Waals surface area contributed by atoms with Gasteiger partial charge >= 0.3 is 0 Å². The van der Waals surface area contributed by atoms with Crippen LogP contribution >= 0.6 is 0 Å². The zero-order valence-electron chi connectivity index (χ0n) is 20.2. The smallest absolute Gasteiger partial charge is 0.261 e. The lowest BCUT2D eigenvalue weighted by Gasteiger charge is -2.33. The van der Waals surface area contributed by atoms with Gasteiger partial charge in [-0.25, -0.2) is 0 Å². The number of rotatable bonds is 9. The van der Waals surface area contributed by atoms with E-state index in [1.165, 1.54) is 16.0 Å². The van der Waals surface area contributed by atoms with E-state index in [4.69, 9.17) is 4.74 Å². The molecule has 0 N–H and O–H groups in total. The van der Waals surface area contributed by atoms with Crippen molar-refractivity contribution in [2.45, 2.75) is 58.3 Å². The zero-order chi connectivity index (χ0) is 23.4. The van der Waals surface area contributed by atoms with Gasteiger partial charge in [0, 0.05) is 6.54 Å². The molecule has 0 unspecified atom stereocenters. The number of likely N-dealkylation sites (tertiary alicyclic amines) is 1. The Bertz CT molecular complexity index is 957. The van der Waals surface area contributed by atoms with Gasteiger partial charge in [-0.3, -0.25) is 14.5 Å². The second-order valence-electron chi connectivity index (χ2n) is 9.52. The molecule has 0 radical (unpaired) electrons. The molecule has 0 atom stereocenters. The van der Waals surface area contributed by atoms with E-state index >= 15 is 0 Å². The maximum absolute atomic E-state index is 12.5. The third kappa shape index (κ3) is 5.14. The first-order valence-electron chi connectivity index (χ1n) is 12.4. The van der Waals surface area contributed by atoms with Crippen molar-refractivity contribution in [3.05, 3.63) is 64.7 Å². The summed E-state index contributed by atoms with van der Waals surface area (Å²) in [5.41, 5.74) is 3.76. The molecule has 4 rings (SSSR count). The van der Waals surface area contributed by atoms with Crippen LogP contribution in [0.4, 0.5) is 0 Å². The van der Waals surface area contributed by atoms with E-state index in [1.54, 1.807) is 12.1 Å². The number of nitrogens with zero attached hydrogens (tertiary/aromatic N) is 2. The number of carbonyl (C=O) groups excluding carboxylic acids is 2. The summed E-state index contributed by atoms with van der Waals surface area (Å²) in [7, 11) is 0. The van der Waals surface area contributed by atoms with Crippen LogP contribution in [0.2, 0.25) is 0 Å². The minimum absolute atomic E-state index is 0.148. The van der Waals surface area contributed by atoms with E-state index < -0.39 is 0 Å². The van der Waals surface area contributed by atoms with Crippen LogP contribution in [0.3, 0.4) is 0 Å². The Hall–Kier alpha value is -2.66. The summed E-state index contributed by atoms with van der Waals surface area (Å²) in [6, 6.07) is 13.9. The van der Waals surface area contributed by atoms with Crippen molar-refractivity contribution in [2.24, 2.45) is 0 Å². The minimum atomic E-state index is -0.148. The molecule has 2 aromatic carbocycles. The van der Waals surface area contributed by atoms with Crippen LogP contribution in [0, 0.1) is 0 Å². The molecule has 176 valence electrons. The highest BCUT2D eigenvalue weighted by Crippen LogP contribution is 2.36. The molecule has 0 spiro atoms. The summed E-state index contributed by atoms with van der Waals surface area (Å²) in [5.74, 6) is 1.81. The second kappa shape index (κ2) is 10.5. The first-order chi connectivity index (χ1) is 16.0. The first kappa shape index (κ1) is 23.5. The zero-order valence-corrected chi connectivity index (χ0v) is 20.2. The summed E-state index contributed by atoms with van der Waals surface area (Å²) in [6.45, 7) is 10.9. The lowest BCUT2D eigenvalue weighted by molar-refractivity contribution is 0.0649. The second-order valence-corrected chi connectivity index (χ2v) is 9.52. The van der Waals surface area contributed by atoms with Crippen LogP contribution in [0.1, 0.15) is 90.1 Å². The number of amides is 2. The van der Waals surface area contributed by atoms with Crippen LogP contribution in [-0.2, 0) is 0 Å². The fourth-order valence-electron chi connectivity index (χ4n) is 5.04. The maximum atomic E-state index is 12.5. The Labute approximate surface area is 197 Å². The van der Waals surface area contributed by atoms with E-state index in [-0.39, 0.29) is 11.8 Å². The molecular weight excluding hydrogens is 412 g/mol. The Balaban J connectivity index is 1.24. The van der Waals surface area contributed by atoms with Gasteiger partial charge in [-0.05, 0) is 93.4 Å². The standard InChI is InChI=1S/C28H36N2O3/c1-4-33-26-19-22(20(2)3)11-12-23(26)21-13-17-29(18-14-21)15-7-8-16-30-27(31)24-9-5-6-10-25(24)28(30)32/h5-6,9-12,19-21H,4,7-8,13-18H2,1-3H3. The molecule has 0 aliphatic carbocycles. The third-order valence-corrected chi connectivity index (χ3v) is 7.02. The number of piperidine rings is 1. The van der Waals surface area contributed by atoms with Crippen LogP contribution < -0.4 is 4.74 Å². The Morgan fingerprint density at radius 2 is 1.58 bits per heavy atom. The van der Waals surface area contributed by atoms with Crippen molar-refractivity contribution in [1.82, 2.24) is 9.80 Å². The van der Waals surface area contributed by atoms with Gasteiger partial charge in [-0.1, -0.05) is 38.1 Å². The maximum Gasteiger partial charge on any atom is 0.261 e. The molecule has 0 saturated carbocycles. The summed E-state index contributed by atoms with van der Waals surface area (Å²) >= 11 is 0. The van der Waals surface area contributed by atoms with Gasteiger partial charge in [0.15, 0.2) is 0 Å². The minimum Gasteiger partial charge on any atom is -0.494 e. The van der Waals surface area contributed by atoms with Crippen molar-refractivity contribution in [3.63, 3.8) is 0 Å². The number of benzene rings is 2. The Morgan fingerprint density at radius 1 is 0.939 bits per heavy atom. The van der Waals surface area contributed by atoms with Crippen LogP contribution in [0.5, 0.6) is 5.75 Å². The molecular formula is C28H36N2O3. The Kier molecular flexibility index (Phi) is 7.49. The fourth-order valence-corrected chi connectivity index (χ4v) is 5.04. The summed E-state index contributed by atoms with van der Waals surface area (Å²) in [6.07, 6.45) is 4.11. The topological polar surface area (TPSA) is 49.9 Å². The van der Waals surface area contributed by atoms with E-state index in [1.807, 2.05) is 12.1 Å². The highest BCUT2D eigenvalue weighted by atomic mass is 16.5. The Morgan fingerprint density at radius 3 is 2.18 bits per heavy atom. The van der Waals surface area contributed by atoms with Gasteiger partial charge in [0.1, 0.15) is 5.75 Å². The van der Waals surface area contributed by atoms with E-state index in [0.717, 1.165) is 51.1 Å². The van der Waals surface area contributed by atoms with Crippen molar-refractivity contribution in [2.75, 3.05) is 32.8 Å². The molecule has 2 aliphatic rings. The van der Waals surface area contributed by atoms with Crippen LogP contribution in [0.25, 0.3) is 0 Å². The van der Waals surface area contributed by atoms with Crippen molar-refractivity contribution >= 4 is 11.8 Å². The lowest BCUT2D eigenvalue weighted by atomic mass is 9.87. The average molecular weight is 449 g/mol. The van der Waals surface area contributed by atoms with Crippen molar-refractivity contribution < 1.29 is 14.3 Å². The van der Waals surface area contributed by atoms with Gasteiger partial charge < -0.3 is 9.64 Å². The molecule has 33 heavy (non-hydrogen) atoms. The number of carbonyl (C=O) groups is 2. The van der Waals surface area contributed by atoms with E-state index in [2.05, 4.69) is 43.9 Å². The van der Waals surface area contributed by atoms with Gasteiger partial charge in [0.25, 0.3) is 11.8 Å². The molecule has 1 saturated heterocycles. The largest absolute Gasteiger partial charge is 0.494 e. The van der Waals surface area contributed by atoms with Gasteiger partial charge in [-0.2, -0.15) is 0 Å². The highest BCUT2D eigenvalue weighted by Gasteiger charge is 2.34.